The number of rotatable bonds is 8. The number of nitrogens with one attached hydrogen (secondary N) is 1. The smallest absolute Gasteiger partial charge is 0.109 e. The summed E-state index contributed by atoms with van der Waals surface area (Å²) in [6, 6.07) is 0.398. The summed E-state index contributed by atoms with van der Waals surface area (Å²) >= 11 is 3.78. The van der Waals surface area contributed by atoms with Crippen LogP contribution < -0.4 is 5.32 Å². The third-order valence-electron chi connectivity index (χ3n) is 2.19. The second-order valence-electron chi connectivity index (χ2n) is 4.37. The molecule has 0 bridgehead atoms. The fourth-order valence-electron chi connectivity index (χ4n) is 1.35. The van der Waals surface area contributed by atoms with Crippen LogP contribution in [0.2, 0.25) is 0 Å². The van der Waals surface area contributed by atoms with E-state index in [-0.39, 0.29) is 0 Å². The lowest BCUT2D eigenvalue weighted by Gasteiger charge is -2.10. The van der Waals surface area contributed by atoms with E-state index in [1.165, 1.54) is 22.9 Å². The molecule has 0 spiro atoms. The normalized spacial score (nSPS) is 13.2. The third-order valence-corrected chi connectivity index (χ3v) is 4.63. The van der Waals surface area contributed by atoms with Crippen molar-refractivity contribution in [3.8, 4) is 0 Å². The minimum atomic E-state index is 0.398. The van der Waals surface area contributed by atoms with Gasteiger partial charge in [-0.25, -0.2) is 4.98 Å². The highest BCUT2D eigenvalue weighted by atomic mass is 32.2. The predicted molar refractivity (Wildman–Crippen MR) is 75.3 cm³/mol. The molecular formula is C12H22N2S2. The topological polar surface area (TPSA) is 24.9 Å². The zero-order valence-electron chi connectivity index (χ0n) is 10.4. The Morgan fingerprint density at radius 3 is 2.88 bits per heavy atom. The van der Waals surface area contributed by atoms with E-state index in [0.29, 0.717) is 6.04 Å². The van der Waals surface area contributed by atoms with E-state index in [4.69, 9.17) is 0 Å². The highest BCUT2D eigenvalue weighted by molar-refractivity contribution is 7.99. The van der Waals surface area contributed by atoms with Crippen molar-refractivity contribution in [2.45, 2.75) is 33.2 Å². The summed E-state index contributed by atoms with van der Waals surface area (Å²) in [6.45, 7) is 7.82. The minimum absolute atomic E-state index is 0.398. The first-order valence-electron chi connectivity index (χ1n) is 5.90. The monoisotopic (exact) mass is 258 g/mol. The molecule has 0 fully saturated rings. The van der Waals surface area contributed by atoms with Gasteiger partial charge in [0.2, 0.25) is 0 Å². The fraction of sp³-hybridized carbons (Fsp3) is 0.750. The van der Waals surface area contributed by atoms with Crippen LogP contribution in [-0.2, 0) is 0 Å². The molecular weight excluding hydrogens is 236 g/mol. The van der Waals surface area contributed by atoms with Crippen LogP contribution in [0.5, 0.6) is 0 Å². The van der Waals surface area contributed by atoms with E-state index in [1.807, 2.05) is 11.6 Å². The van der Waals surface area contributed by atoms with Crippen LogP contribution in [0.4, 0.5) is 0 Å². The molecule has 1 N–H and O–H groups in total. The quantitative estimate of drug-likeness (QED) is 0.722. The molecule has 4 heteroatoms. The highest BCUT2D eigenvalue weighted by Crippen LogP contribution is 2.14. The van der Waals surface area contributed by atoms with E-state index in [1.54, 1.807) is 11.3 Å². The van der Waals surface area contributed by atoms with Gasteiger partial charge in [-0.1, -0.05) is 13.8 Å². The first-order chi connectivity index (χ1) is 7.70. The number of thioether (sulfide) groups is 1. The second-order valence-corrected chi connectivity index (χ2v) is 6.44. The van der Waals surface area contributed by atoms with Gasteiger partial charge in [0, 0.05) is 11.6 Å². The number of hydrogen-bond acceptors (Lipinski definition) is 4. The molecule has 1 aromatic heterocycles. The Balaban J connectivity index is 1.99. The molecule has 0 saturated heterocycles. The van der Waals surface area contributed by atoms with Gasteiger partial charge in [0.25, 0.3) is 0 Å². The van der Waals surface area contributed by atoms with E-state index in [2.05, 4.69) is 42.8 Å². The van der Waals surface area contributed by atoms with Crippen molar-refractivity contribution in [1.29, 1.82) is 0 Å². The van der Waals surface area contributed by atoms with Gasteiger partial charge in [0.15, 0.2) is 0 Å². The van der Waals surface area contributed by atoms with E-state index in [9.17, 15) is 0 Å². The number of hydrogen-bond donors (Lipinski definition) is 1. The Morgan fingerprint density at radius 1 is 1.44 bits per heavy atom. The van der Waals surface area contributed by atoms with E-state index < -0.39 is 0 Å². The minimum Gasteiger partial charge on any atom is -0.308 e. The van der Waals surface area contributed by atoms with Gasteiger partial charge in [-0.2, -0.15) is 11.8 Å². The standard InChI is InChI=1S/C12H22N2S2/c1-10(2)9-15-7-4-5-13-11(3)12-14-6-8-16-12/h6,8,10-11,13H,4-5,7,9H2,1-3H3. The van der Waals surface area contributed by atoms with Crippen LogP contribution >= 0.6 is 23.1 Å². The Bertz CT molecular complexity index is 260. The molecule has 1 aromatic rings. The van der Waals surface area contributed by atoms with Crippen molar-refractivity contribution in [2.24, 2.45) is 5.92 Å². The summed E-state index contributed by atoms with van der Waals surface area (Å²) in [7, 11) is 0. The van der Waals surface area contributed by atoms with Crippen LogP contribution in [0.1, 0.15) is 38.2 Å². The first kappa shape index (κ1) is 14.0. The van der Waals surface area contributed by atoms with Crippen molar-refractivity contribution < 1.29 is 0 Å². The zero-order chi connectivity index (χ0) is 11.8. The molecule has 1 atom stereocenters. The summed E-state index contributed by atoms with van der Waals surface area (Å²) in [5.74, 6) is 3.35. The van der Waals surface area contributed by atoms with Crippen LogP contribution in [0.25, 0.3) is 0 Å². The van der Waals surface area contributed by atoms with E-state index in [0.717, 1.165) is 12.5 Å². The molecule has 0 aliphatic heterocycles. The molecule has 0 aliphatic rings. The second kappa shape index (κ2) is 8.09. The van der Waals surface area contributed by atoms with E-state index >= 15 is 0 Å². The maximum atomic E-state index is 4.31. The summed E-state index contributed by atoms with van der Waals surface area (Å²) in [6.07, 6.45) is 3.11. The van der Waals surface area contributed by atoms with Gasteiger partial charge in [-0.15, -0.1) is 11.3 Å². The molecule has 2 nitrogen and oxygen atoms in total. The molecule has 0 aliphatic carbocycles. The largest absolute Gasteiger partial charge is 0.308 e. The van der Waals surface area contributed by atoms with Crippen LogP contribution in [0.3, 0.4) is 0 Å². The van der Waals surface area contributed by atoms with Gasteiger partial charge in [-0.3, -0.25) is 0 Å². The van der Waals surface area contributed by atoms with Gasteiger partial charge in [0.1, 0.15) is 5.01 Å². The lowest BCUT2D eigenvalue weighted by atomic mass is 10.3. The van der Waals surface area contributed by atoms with Crippen molar-refractivity contribution >= 4 is 23.1 Å². The molecule has 16 heavy (non-hydrogen) atoms. The van der Waals surface area contributed by atoms with Crippen molar-refractivity contribution in [3.05, 3.63) is 16.6 Å². The molecule has 1 rings (SSSR count). The van der Waals surface area contributed by atoms with Crippen molar-refractivity contribution in [3.63, 3.8) is 0 Å². The Kier molecular flexibility index (Phi) is 7.08. The molecule has 0 aromatic carbocycles. The van der Waals surface area contributed by atoms with Gasteiger partial charge < -0.3 is 5.32 Å². The summed E-state index contributed by atoms with van der Waals surface area (Å²) in [5, 5.41) is 6.73. The third kappa shape index (κ3) is 5.87. The molecule has 0 radical (unpaired) electrons. The summed E-state index contributed by atoms with van der Waals surface area (Å²) < 4.78 is 0. The Labute approximate surface area is 107 Å². The first-order valence-corrected chi connectivity index (χ1v) is 7.94. The van der Waals surface area contributed by atoms with Gasteiger partial charge >= 0.3 is 0 Å². The SMILES string of the molecule is CC(C)CSCCCNC(C)c1nccs1. The van der Waals surface area contributed by atoms with Gasteiger partial charge in [0.05, 0.1) is 6.04 Å². The van der Waals surface area contributed by atoms with Crippen LogP contribution in [0.15, 0.2) is 11.6 Å². The molecule has 0 saturated carbocycles. The fourth-order valence-corrected chi connectivity index (χ4v) is 3.00. The average molecular weight is 258 g/mol. The molecule has 0 amide bonds. The average Bonchev–Trinajstić information content (AvgIpc) is 2.75. The number of thiazole rings is 1. The maximum absolute atomic E-state index is 4.31. The van der Waals surface area contributed by atoms with Crippen molar-refractivity contribution in [2.75, 3.05) is 18.1 Å². The maximum Gasteiger partial charge on any atom is 0.109 e. The molecule has 92 valence electrons. The summed E-state index contributed by atoms with van der Waals surface area (Å²) in [5.41, 5.74) is 0. The predicted octanol–water partition coefficient (Wildman–Crippen LogP) is 3.57. The lowest BCUT2D eigenvalue weighted by molar-refractivity contribution is 0.569. The Morgan fingerprint density at radius 2 is 2.25 bits per heavy atom. The number of aromatic nitrogens is 1. The summed E-state index contributed by atoms with van der Waals surface area (Å²) in [4.78, 5) is 4.31. The number of nitrogens with zero attached hydrogens (tertiary/aromatic N) is 1. The zero-order valence-corrected chi connectivity index (χ0v) is 12.0. The van der Waals surface area contributed by atoms with Gasteiger partial charge in [-0.05, 0) is 37.3 Å². The van der Waals surface area contributed by atoms with Crippen LogP contribution in [0, 0.1) is 5.92 Å². The van der Waals surface area contributed by atoms with Crippen LogP contribution in [-0.4, -0.2) is 23.0 Å². The molecule has 1 heterocycles. The molecule has 1 unspecified atom stereocenters. The Hall–Kier alpha value is -0.0600. The highest BCUT2D eigenvalue weighted by Gasteiger charge is 2.05. The van der Waals surface area contributed by atoms with Crippen molar-refractivity contribution in [1.82, 2.24) is 10.3 Å². The lowest BCUT2D eigenvalue weighted by Crippen LogP contribution is -2.20.